The average molecular weight is 242 g/mol. The lowest BCUT2D eigenvalue weighted by atomic mass is 10.0. The molecule has 2 saturated heterocycles. The highest BCUT2D eigenvalue weighted by molar-refractivity contribution is 5.79. The molecule has 0 saturated carbocycles. The van der Waals surface area contributed by atoms with Gasteiger partial charge in [-0.25, -0.2) is 0 Å². The second kappa shape index (κ2) is 6.93. The van der Waals surface area contributed by atoms with Gasteiger partial charge in [0, 0.05) is 38.8 Å². The van der Waals surface area contributed by atoms with E-state index in [4.69, 9.17) is 9.47 Å². The molecule has 0 aliphatic carbocycles. The first-order valence-corrected chi connectivity index (χ1v) is 6.50. The first-order chi connectivity index (χ1) is 8.36. The average Bonchev–Trinajstić information content (AvgIpc) is 2.73. The van der Waals surface area contributed by atoms with Gasteiger partial charge >= 0.3 is 0 Å². The second-order valence-corrected chi connectivity index (χ2v) is 4.80. The van der Waals surface area contributed by atoms with Gasteiger partial charge in [-0.3, -0.25) is 4.79 Å². The summed E-state index contributed by atoms with van der Waals surface area (Å²) in [5.74, 6) is 0.935. The Bertz CT molecular complexity index is 238. The quantitative estimate of drug-likeness (QED) is 0.605. The Morgan fingerprint density at radius 2 is 2.35 bits per heavy atom. The standard InChI is InChI=1S/C12H22N2O3/c15-12(11-6-13-7-11)14-3-1-4-16-8-10-2-5-17-9-10/h10-11,13H,1-9H2,(H,14,15). The molecule has 98 valence electrons. The van der Waals surface area contributed by atoms with Gasteiger partial charge in [-0.1, -0.05) is 0 Å². The van der Waals surface area contributed by atoms with E-state index in [2.05, 4.69) is 10.6 Å². The normalized spacial score (nSPS) is 24.6. The van der Waals surface area contributed by atoms with Gasteiger partial charge in [-0.15, -0.1) is 0 Å². The number of rotatable bonds is 7. The third-order valence-corrected chi connectivity index (χ3v) is 3.29. The summed E-state index contributed by atoms with van der Waals surface area (Å²) >= 11 is 0. The lowest BCUT2D eigenvalue weighted by Crippen LogP contribution is -2.50. The van der Waals surface area contributed by atoms with E-state index < -0.39 is 0 Å². The number of carbonyl (C=O) groups excluding carboxylic acids is 1. The summed E-state index contributed by atoms with van der Waals surface area (Å²) in [5.41, 5.74) is 0. The molecule has 5 heteroatoms. The van der Waals surface area contributed by atoms with Crippen LogP contribution in [-0.4, -0.2) is 52.0 Å². The van der Waals surface area contributed by atoms with Gasteiger partial charge in [0.25, 0.3) is 0 Å². The van der Waals surface area contributed by atoms with Crippen molar-refractivity contribution in [3.05, 3.63) is 0 Å². The SMILES string of the molecule is O=C(NCCCOCC1CCOC1)C1CNC1. The van der Waals surface area contributed by atoms with Crippen molar-refractivity contribution >= 4 is 5.91 Å². The van der Waals surface area contributed by atoms with Gasteiger partial charge < -0.3 is 20.1 Å². The molecule has 2 rings (SSSR count). The van der Waals surface area contributed by atoms with E-state index in [0.29, 0.717) is 5.92 Å². The molecule has 0 bridgehead atoms. The summed E-state index contributed by atoms with van der Waals surface area (Å²) in [5, 5.41) is 6.02. The molecule has 2 aliphatic heterocycles. The number of hydrogen-bond acceptors (Lipinski definition) is 4. The third-order valence-electron chi connectivity index (χ3n) is 3.29. The number of hydrogen-bond donors (Lipinski definition) is 2. The molecule has 0 radical (unpaired) electrons. The molecule has 0 spiro atoms. The van der Waals surface area contributed by atoms with Crippen LogP contribution < -0.4 is 10.6 Å². The fourth-order valence-corrected chi connectivity index (χ4v) is 1.97. The Morgan fingerprint density at radius 3 is 3.00 bits per heavy atom. The Balaban J connectivity index is 1.39. The van der Waals surface area contributed by atoms with Crippen molar-refractivity contribution < 1.29 is 14.3 Å². The molecule has 0 aromatic rings. The zero-order chi connectivity index (χ0) is 11.9. The predicted molar refractivity (Wildman–Crippen MR) is 63.7 cm³/mol. The molecule has 1 amide bonds. The summed E-state index contributed by atoms with van der Waals surface area (Å²) in [7, 11) is 0. The molecule has 2 aliphatic rings. The smallest absolute Gasteiger partial charge is 0.225 e. The molecule has 0 aromatic carbocycles. The molecule has 5 nitrogen and oxygen atoms in total. The first-order valence-electron chi connectivity index (χ1n) is 6.50. The monoisotopic (exact) mass is 242 g/mol. The minimum absolute atomic E-state index is 0.174. The zero-order valence-electron chi connectivity index (χ0n) is 10.2. The second-order valence-electron chi connectivity index (χ2n) is 4.80. The van der Waals surface area contributed by atoms with Gasteiger partial charge in [0.1, 0.15) is 0 Å². The van der Waals surface area contributed by atoms with E-state index in [1.54, 1.807) is 0 Å². The predicted octanol–water partition coefficient (Wildman–Crippen LogP) is -0.235. The van der Waals surface area contributed by atoms with Gasteiger partial charge in [-0.05, 0) is 12.8 Å². The highest BCUT2D eigenvalue weighted by Crippen LogP contribution is 2.12. The van der Waals surface area contributed by atoms with E-state index in [9.17, 15) is 4.79 Å². The molecule has 17 heavy (non-hydrogen) atoms. The Morgan fingerprint density at radius 1 is 1.47 bits per heavy atom. The van der Waals surface area contributed by atoms with Crippen molar-refractivity contribution in [2.24, 2.45) is 11.8 Å². The highest BCUT2D eigenvalue weighted by Gasteiger charge is 2.24. The van der Waals surface area contributed by atoms with Crippen molar-refractivity contribution in [1.29, 1.82) is 0 Å². The number of nitrogens with one attached hydrogen (secondary N) is 2. The van der Waals surface area contributed by atoms with Gasteiger partial charge in [0.15, 0.2) is 0 Å². The topological polar surface area (TPSA) is 59.6 Å². The molecule has 2 heterocycles. The van der Waals surface area contributed by atoms with Gasteiger partial charge in [-0.2, -0.15) is 0 Å². The number of carbonyl (C=O) groups is 1. The minimum atomic E-state index is 0.174. The summed E-state index contributed by atoms with van der Waals surface area (Å²) in [6.07, 6.45) is 2.00. The number of amides is 1. The minimum Gasteiger partial charge on any atom is -0.381 e. The van der Waals surface area contributed by atoms with Crippen LogP contribution in [0.3, 0.4) is 0 Å². The van der Waals surface area contributed by atoms with E-state index in [1.807, 2.05) is 0 Å². The van der Waals surface area contributed by atoms with E-state index in [0.717, 1.165) is 58.9 Å². The molecule has 1 unspecified atom stereocenters. The van der Waals surface area contributed by atoms with Crippen LogP contribution in [0, 0.1) is 11.8 Å². The molecule has 1 atom stereocenters. The lowest BCUT2D eigenvalue weighted by Gasteiger charge is -2.25. The van der Waals surface area contributed by atoms with Crippen LogP contribution in [0.15, 0.2) is 0 Å². The zero-order valence-corrected chi connectivity index (χ0v) is 10.2. The lowest BCUT2D eigenvalue weighted by molar-refractivity contribution is -0.126. The Hall–Kier alpha value is -0.650. The van der Waals surface area contributed by atoms with Crippen molar-refractivity contribution in [3.8, 4) is 0 Å². The molecule has 2 fully saturated rings. The summed E-state index contributed by atoms with van der Waals surface area (Å²) in [6, 6.07) is 0. The summed E-state index contributed by atoms with van der Waals surface area (Å²) in [6.45, 7) is 5.59. The van der Waals surface area contributed by atoms with Crippen molar-refractivity contribution in [1.82, 2.24) is 10.6 Å². The summed E-state index contributed by atoms with van der Waals surface area (Å²) in [4.78, 5) is 11.5. The maximum absolute atomic E-state index is 11.5. The van der Waals surface area contributed by atoms with Crippen LogP contribution in [0.1, 0.15) is 12.8 Å². The van der Waals surface area contributed by atoms with Crippen molar-refractivity contribution in [3.63, 3.8) is 0 Å². The van der Waals surface area contributed by atoms with E-state index in [-0.39, 0.29) is 11.8 Å². The first kappa shape index (κ1) is 12.8. The molecular weight excluding hydrogens is 220 g/mol. The van der Waals surface area contributed by atoms with Crippen LogP contribution in [0.4, 0.5) is 0 Å². The largest absolute Gasteiger partial charge is 0.381 e. The summed E-state index contributed by atoms with van der Waals surface area (Å²) < 4.78 is 10.8. The van der Waals surface area contributed by atoms with Crippen molar-refractivity contribution in [2.75, 3.05) is 46.1 Å². The molecular formula is C12H22N2O3. The van der Waals surface area contributed by atoms with Gasteiger partial charge in [0.05, 0.1) is 19.1 Å². The Labute approximate surface area is 102 Å². The fourth-order valence-electron chi connectivity index (χ4n) is 1.97. The third kappa shape index (κ3) is 4.26. The van der Waals surface area contributed by atoms with Crippen LogP contribution in [0.2, 0.25) is 0 Å². The molecule has 2 N–H and O–H groups in total. The Kier molecular flexibility index (Phi) is 5.22. The fraction of sp³-hybridized carbons (Fsp3) is 0.917. The molecule has 0 aromatic heterocycles. The maximum Gasteiger partial charge on any atom is 0.225 e. The van der Waals surface area contributed by atoms with E-state index in [1.165, 1.54) is 0 Å². The van der Waals surface area contributed by atoms with Crippen LogP contribution in [0.5, 0.6) is 0 Å². The highest BCUT2D eigenvalue weighted by atomic mass is 16.5. The van der Waals surface area contributed by atoms with Crippen LogP contribution in [0.25, 0.3) is 0 Å². The van der Waals surface area contributed by atoms with Crippen molar-refractivity contribution in [2.45, 2.75) is 12.8 Å². The van der Waals surface area contributed by atoms with Crippen LogP contribution in [-0.2, 0) is 14.3 Å². The van der Waals surface area contributed by atoms with E-state index >= 15 is 0 Å². The van der Waals surface area contributed by atoms with Gasteiger partial charge in [0.2, 0.25) is 5.91 Å². The van der Waals surface area contributed by atoms with Crippen LogP contribution >= 0.6 is 0 Å². The maximum atomic E-state index is 11.5. The number of ether oxygens (including phenoxy) is 2.